The molecule has 0 spiro atoms. The number of rotatable bonds is 7. The standard InChI is InChI=1S/C17H27NO3/c1-4-9-18-16-7-5-6-8-17(16)21-15-11-13(19-2)10-14(12-15)20-3/h10-12,16-18H,4-9H2,1-3H3. The summed E-state index contributed by atoms with van der Waals surface area (Å²) in [6.45, 7) is 3.24. The van der Waals surface area contributed by atoms with Gasteiger partial charge in [0, 0.05) is 24.2 Å². The Bertz CT molecular complexity index is 414. The van der Waals surface area contributed by atoms with Crippen molar-refractivity contribution in [2.75, 3.05) is 20.8 Å². The molecule has 118 valence electrons. The summed E-state index contributed by atoms with van der Waals surface area (Å²) in [5, 5.41) is 3.61. The summed E-state index contributed by atoms with van der Waals surface area (Å²) in [7, 11) is 3.32. The first-order valence-corrected chi connectivity index (χ1v) is 7.90. The van der Waals surface area contributed by atoms with E-state index in [0.717, 1.165) is 36.6 Å². The minimum absolute atomic E-state index is 0.224. The number of methoxy groups -OCH3 is 2. The van der Waals surface area contributed by atoms with Crippen LogP contribution in [-0.2, 0) is 0 Å². The second kappa shape index (κ2) is 8.13. The molecule has 1 aliphatic rings. The number of nitrogens with one attached hydrogen (secondary N) is 1. The second-order valence-corrected chi connectivity index (χ2v) is 5.55. The van der Waals surface area contributed by atoms with Crippen molar-refractivity contribution in [3.63, 3.8) is 0 Å². The maximum absolute atomic E-state index is 6.23. The van der Waals surface area contributed by atoms with Crippen molar-refractivity contribution < 1.29 is 14.2 Å². The van der Waals surface area contributed by atoms with Gasteiger partial charge in [0.15, 0.2) is 0 Å². The third-order valence-corrected chi connectivity index (χ3v) is 3.97. The Balaban J connectivity index is 2.07. The van der Waals surface area contributed by atoms with Crippen LogP contribution in [0.15, 0.2) is 18.2 Å². The summed E-state index contributed by atoms with van der Waals surface area (Å²) >= 11 is 0. The topological polar surface area (TPSA) is 39.7 Å². The molecule has 2 unspecified atom stereocenters. The molecular formula is C17H27NO3. The molecule has 1 aliphatic carbocycles. The summed E-state index contributed by atoms with van der Waals surface area (Å²) in [4.78, 5) is 0. The minimum Gasteiger partial charge on any atom is -0.496 e. The molecule has 1 aromatic carbocycles. The largest absolute Gasteiger partial charge is 0.496 e. The fourth-order valence-electron chi connectivity index (χ4n) is 2.83. The Morgan fingerprint density at radius 1 is 1.00 bits per heavy atom. The molecule has 4 heteroatoms. The molecule has 0 aromatic heterocycles. The molecule has 0 amide bonds. The van der Waals surface area contributed by atoms with Crippen LogP contribution in [0.4, 0.5) is 0 Å². The van der Waals surface area contributed by atoms with Crippen molar-refractivity contribution in [2.24, 2.45) is 0 Å². The fraction of sp³-hybridized carbons (Fsp3) is 0.647. The Kier molecular flexibility index (Phi) is 6.18. The molecular weight excluding hydrogens is 266 g/mol. The van der Waals surface area contributed by atoms with Gasteiger partial charge >= 0.3 is 0 Å². The number of hydrogen-bond donors (Lipinski definition) is 1. The van der Waals surface area contributed by atoms with Gasteiger partial charge in [-0.05, 0) is 32.2 Å². The van der Waals surface area contributed by atoms with Crippen LogP contribution >= 0.6 is 0 Å². The SMILES string of the molecule is CCCNC1CCCCC1Oc1cc(OC)cc(OC)c1. The van der Waals surface area contributed by atoms with Crippen molar-refractivity contribution in [2.45, 2.75) is 51.2 Å². The highest BCUT2D eigenvalue weighted by atomic mass is 16.5. The van der Waals surface area contributed by atoms with Crippen molar-refractivity contribution in [1.82, 2.24) is 5.32 Å². The average Bonchev–Trinajstić information content (AvgIpc) is 2.53. The van der Waals surface area contributed by atoms with Crippen LogP contribution < -0.4 is 19.5 Å². The van der Waals surface area contributed by atoms with Crippen LogP contribution in [0.5, 0.6) is 17.2 Å². The van der Waals surface area contributed by atoms with E-state index in [1.54, 1.807) is 14.2 Å². The molecule has 2 atom stereocenters. The maximum Gasteiger partial charge on any atom is 0.127 e. The molecule has 4 nitrogen and oxygen atoms in total. The lowest BCUT2D eigenvalue weighted by Gasteiger charge is -2.32. The zero-order valence-electron chi connectivity index (χ0n) is 13.4. The Morgan fingerprint density at radius 2 is 1.62 bits per heavy atom. The molecule has 0 bridgehead atoms. The number of ether oxygens (including phenoxy) is 3. The van der Waals surface area contributed by atoms with Crippen molar-refractivity contribution in [1.29, 1.82) is 0 Å². The van der Waals surface area contributed by atoms with Crippen molar-refractivity contribution in [3.8, 4) is 17.2 Å². The molecule has 0 aliphatic heterocycles. The van der Waals surface area contributed by atoms with Gasteiger partial charge in [0.1, 0.15) is 23.4 Å². The van der Waals surface area contributed by atoms with Gasteiger partial charge in [-0.3, -0.25) is 0 Å². The highest BCUT2D eigenvalue weighted by Gasteiger charge is 2.26. The Labute approximate surface area is 127 Å². The summed E-state index contributed by atoms with van der Waals surface area (Å²) in [6, 6.07) is 6.15. The van der Waals surface area contributed by atoms with Crippen LogP contribution in [0, 0.1) is 0 Å². The average molecular weight is 293 g/mol. The van der Waals surface area contributed by atoms with Crippen LogP contribution in [0.25, 0.3) is 0 Å². The fourth-order valence-corrected chi connectivity index (χ4v) is 2.83. The molecule has 1 aromatic rings. The smallest absolute Gasteiger partial charge is 0.127 e. The Hall–Kier alpha value is -1.42. The molecule has 0 radical (unpaired) electrons. The lowest BCUT2D eigenvalue weighted by atomic mass is 9.92. The van der Waals surface area contributed by atoms with Gasteiger partial charge in [0.25, 0.3) is 0 Å². The van der Waals surface area contributed by atoms with Crippen LogP contribution in [0.2, 0.25) is 0 Å². The monoisotopic (exact) mass is 293 g/mol. The van der Waals surface area contributed by atoms with Crippen LogP contribution in [0.3, 0.4) is 0 Å². The third kappa shape index (κ3) is 4.53. The lowest BCUT2D eigenvalue weighted by molar-refractivity contribution is 0.113. The van der Waals surface area contributed by atoms with E-state index < -0.39 is 0 Å². The molecule has 21 heavy (non-hydrogen) atoms. The first-order chi connectivity index (χ1) is 10.3. The van der Waals surface area contributed by atoms with Gasteiger partial charge in [-0.25, -0.2) is 0 Å². The zero-order valence-corrected chi connectivity index (χ0v) is 13.4. The summed E-state index contributed by atoms with van der Waals surface area (Å²) in [6.07, 6.45) is 6.17. The highest BCUT2D eigenvalue weighted by molar-refractivity contribution is 5.42. The molecule has 1 N–H and O–H groups in total. The third-order valence-electron chi connectivity index (χ3n) is 3.97. The molecule has 0 saturated heterocycles. The Morgan fingerprint density at radius 3 is 2.24 bits per heavy atom. The molecule has 1 fully saturated rings. The van der Waals surface area contributed by atoms with E-state index in [1.165, 1.54) is 19.3 Å². The van der Waals surface area contributed by atoms with E-state index in [4.69, 9.17) is 14.2 Å². The van der Waals surface area contributed by atoms with E-state index in [9.17, 15) is 0 Å². The predicted molar refractivity (Wildman–Crippen MR) is 84.5 cm³/mol. The predicted octanol–water partition coefficient (Wildman–Crippen LogP) is 3.39. The van der Waals surface area contributed by atoms with Gasteiger partial charge in [-0.15, -0.1) is 0 Å². The highest BCUT2D eigenvalue weighted by Crippen LogP contribution is 2.30. The number of benzene rings is 1. The minimum atomic E-state index is 0.224. The summed E-state index contributed by atoms with van der Waals surface area (Å²) in [5.74, 6) is 2.35. The van der Waals surface area contributed by atoms with Gasteiger partial charge in [0.2, 0.25) is 0 Å². The number of hydrogen-bond acceptors (Lipinski definition) is 4. The first-order valence-electron chi connectivity index (χ1n) is 7.90. The van der Waals surface area contributed by atoms with Crippen LogP contribution in [-0.4, -0.2) is 32.9 Å². The normalized spacial score (nSPS) is 21.9. The van der Waals surface area contributed by atoms with E-state index in [-0.39, 0.29) is 6.10 Å². The van der Waals surface area contributed by atoms with Gasteiger partial charge < -0.3 is 19.5 Å². The van der Waals surface area contributed by atoms with Crippen LogP contribution in [0.1, 0.15) is 39.0 Å². The lowest BCUT2D eigenvalue weighted by Crippen LogP contribution is -2.45. The second-order valence-electron chi connectivity index (χ2n) is 5.55. The summed E-state index contributed by atoms with van der Waals surface area (Å²) in [5.41, 5.74) is 0. The molecule has 1 saturated carbocycles. The zero-order chi connectivity index (χ0) is 15.1. The molecule has 2 rings (SSSR count). The summed E-state index contributed by atoms with van der Waals surface area (Å²) < 4.78 is 16.8. The van der Waals surface area contributed by atoms with Crippen molar-refractivity contribution in [3.05, 3.63) is 18.2 Å². The van der Waals surface area contributed by atoms with Crippen molar-refractivity contribution >= 4 is 0 Å². The van der Waals surface area contributed by atoms with Gasteiger partial charge in [-0.1, -0.05) is 13.3 Å². The van der Waals surface area contributed by atoms with E-state index in [1.807, 2.05) is 18.2 Å². The quantitative estimate of drug-likeness (QED) is 0.836. The molecule has 0 heterocycles. The van der Waals surface area contributed by atoms with Gasteiger partial charge in [0.05, 0.1) is 14.2 Å². The van der Waals surface area contributed by atoms with Gasteiger partial charge in [-0.2, -0.15) is 0 Å². The maximum atomic E-state index is 6.23. The first kappa shape index (κ1) is 16.0. The van der Waals surface area contributed by atoms with E-state index in [0.29, 0.717) is 6.04 Å². The van der Waals surface area contributed by atoms with E-state index in [2.05, 4.69) is 12.2 Å². The van der Waals surface area contributed by atoms with E-state index >= 15 is 0 Å².